The zero-order valence-corrected chi connectivity index (χ0v) is 18.4. The number of anilines is 1. The number of nitrogens with zero attached hydrogens (tertiary/aromatic N) is 2. The number of halogens is 2. The van der Waals surface area contributed by atoms with E-state index in [-0.39, 0.29) is 36.8 Å². The Morgan fingerprint density at radius 2 is 1.93 bits per heavy atom. The van der Waals surface area contributed by atoms with Gasteiger partial charge in [0.1, 0.15) is 5.82 Å². The lowest BCUT2D eigenvalue weighted by Crippen LogP contribution is -2.39. The summed E-state index contributed by atoms with van der Waals surface area (Å²) in [6.45, 7) is 5.93. The predicted octanol–water partition coefficient (Wildman–Crippen LogP) is 3.78. The van der Waals surface area contributed by atoms with Crippen molar-refractivity contribution in [3.8, 4) is 0 Å². The second-order valence-corrected chi connectivity index (χ2v) is 7.74. The van der Waals surface area contributed by atoms with Gasteiger partial charge in [0.25, 0.3) is 5.91 Å². The smallest absolute Gasteiger partial charge is 0.252 e. The number of rotatable bonds is 4. The summed E-state index contributed by atoms with van der Waals surface area (Å²) in [6, 6.07) is 12.5. The molecule has 0 bridgehead atoms. The summed E-state index contributed by atoms with van der Waals surface area (Å²) in [5.74, 6) is 1.71. The van der Waals surface area contributed by atoms with Crippen LogP contribution in [0.3, 0.4) is 0 Å². The van der Waals surface area contributed by atoms with Crippen LogP contribution in [0.5, 0.6) is 0 Å². The van der Waals surface area contributed by atoms with Crippen molar-refractivity contribution in [2.75, 3.05) is 31.1 Å². The second kappa shape index (κ2) is 10.8. The van der Waals surface area contributed by atoms with Crippen LogP contribution in [-0.2, 0) is 6.42 Å². The van der Waals surface area contributed by atoms with Crippen LogP contribution in [0.15, 0.2) is 42.6 Å². The van der Waals surface area contributed by atoms with E-state index >= 15 is 0 Å². The Hall–Kier alpha value is -1.82. The Kier molecular flexibility index (Phi) is 8.75. The van der Waals surface area contributed by atoms with E-state index in [1.165, 1.54) is 24.0 Å². The van der Waals surface area contributed by atoms with Crippen molar-refractivity contribution in [1.82, 2.24) is 15.6 Å². The van der Waals surface area contributed by atoms with Crippen LogP contribution in [-0.4, -0.2) is 37.1 Å². The summed E-state index contributed by atoms with van der Waals surface area (Å²) in [7, 11) is 0. The largest absolute Gasteiger partial charge is 0.357 e. The summed E-state index contributed by atoms with van der Waals surface area (Å²) in [4.78, 5) is 19.4. The highest BCUT2D eigenvalue weighted by Crippen LogP contribution is 2.23. The van der Waals surface area contributed by atoms with E-state index in [1.54, 1.807) is 6.20 Å². The Balaban J connectivity index is 0.00000150. The van der Waals surface area contributed by atoms with E-state index in [9.17, 15) is 4.79 Å². The quantitative estimate of drug-likeness (QED) is 0.765. The van der Waals surface area contributed by atoms with Gasteiger partial charge in [-0.05, 0) is 55.0 Å². The van der Waals surface area contributed by atoms with E-state index in [2.05, 4.69) is 51.7 Å². The van der Waals surface area contributed by atoms with E-state index in [4.69, 9.17) is 0 Å². The van der Waals surface area contributed by atoms with Crippen molar-refractivity contribution < 1.29 is 4.79 Å². The highest BCUT2D eigenvalue weighted by atomic mass is 35.5. The van der Waals surface area contributed by atoms with Crippen LogP contribution < -0.4 is 15.5 Å². The topological polar surface area (TPSA) is 57.3 Å². The summed E-state index contributed by atoms with van der Waals surface area (Å²) in [5.41, 5.74) is 3.28. The van der Waals surface area contributed by atoms with Crippen molar-refractivity contribution in [2.45, 2.75) is 32.2 Å². The summed E-state index contributed by atoms with van der Waals surface area (Å²) >= 11 is 0. The number of hydrogen-bond donors (Lipinski definition) is 2. The van der Waals surface area contributed by atoms with Gasteiger partial charge in [0.2, 0.25) is 0 Å². The monoisotopic (exact) mass is 436 g/mol. The number of hydrogen-bond acceptors (Lipinski definition) is 4. The van der Waals surface area contributed by atoms with E-state index in [1.807, 2.05) is 12.1 Å². The first-order valence-corrected chi connectivity index (χ1v) is 10.0. The summed E-state index contributed by atoms with van der Waals surface area (Å²) in [5, 5.41) is 6.56. The predicted molar refractivity (Wildman–Crippen MR) is 123 cm³/mol. The van der Waals surface area contributed by atoms with Gasteiger partial charge in [-0.25, -0.2) is 4.98 Å². The van der Waals surface area contributed by atoms with E-state index in [0.717, 1.165) is 37.8 Å². The molecule has 4 rings (SSSR count). The molecular weight excluding hydrogens is 407 g/mol. The van der Waals surface area contributed by atoms with E-state index < -0.39 is 0 Å². The Morgan fingerprint density at radius 3 is 2.66 bits per heavy atom. The molecule has 2 N–H and O–H groups in total. The molecule has 29 heavy (non-hydrogen) atoms. The van der Waals surface area contributed by atoms with Gasteiger partial charge in [-0.15, -0.1) is 24.8 Å². The van der Waals surface area contributed by atoms with Crippen LogP contribution in [0.4, 0.5) is 5.82 Å². The van der Waals surface area contributed by atoms with Crippen molar-refractivity contribution >= 4 is 36.5 Å². The zero-order valence-electron chi connectivity index (χ0n) is 16.8. The van der Waals surface area contributed by atoms with Gasteiger partial charge < -0.3 is 15.5 Å². The number of fused-ring (bicyclic) bond motifs is 1. The molecule has 2 aliphatic rings. The Morgan fingerprint density at radius 1 is 1.17 bits per heavy atom. The molecule has 1 aromatic carbocycles. The Labute approximate surface area is 185 Å². The first-order chi connectivity index (χ1) is 13.2. The maximum Gasteiger partial charge on any atom is 0.252 e. The van der Waals surface area contributed by atoms with Crippen LogP contribution in [0, 0.1) is 5.92 Å². The van der Waals surface area contributed by atoms with E-state index in [0.29, 0.717) is 12.1 Å². The lowest BCUT2D eigenvalue weighted by molar-refractivity contribution is 0.0949. The number of benzene rings is 1. The maximum absolute atomic E-state index is 12.5. The SMILES string of the molecule is CC1CCN(c2ccc(C(=O)NCC3NCCc4ccccc43)cn2)CC1.Cl.Cl. The molecule has 0 spiro atoms. The van der Waals surface area contributed by atoms with Gasteiger partial charge in [0.05, 0.1) is 5.56 Å². The van der Waals surface area contributed by atoms with Gasteiger partial charge in [-0.1, -0.05) is 31.2 Å². The highest BCUT2D eigenvalue weighted by molar-refractivity contribution is 5.94. The van der Waals surface area contributed by atoms with Gasteiger partial charge in [-0.3, -0.25) is 4.79 Å². The third kappa shape index (κ3) is 5.62. The molecule has 1 saturated heterocycles. The molecule has 5 nitrogen and oxygen atoms in total. The summed E-state index contributed by atoms with van der Waals surface area (Å²) < 4.78 is 0. The molecule has 0 aliphatic carbocycles. The number of carbonyl (C=O) groups excluding carboxylic acids is 1. The Bertz CT molecular complexity index is 792. The molecule has 0 radical (unpaired) electrons. The zero-order chi connectivity index (χ0) is 18.6. The fourth-order valence-corrected chi connectivity index (χ4v) is 4.02. The third-order valence-corrected chi connectivity index (χ3v) is 5.80. The molecule has 3 heterocycles. The first kappa shape index (κ1) is 23.5. The molecule has 1 unspecified atom stereocenters. The minimum Gasteiger partial charge on any atom is -0.357 e. The molecule has 0 saturated carbocycles. The van der Waals surface area contributed by atoms with Crippen LogP contribution in [0.1, 0.15) is 47.3 Å². The number of carbonyl (C=O) groups is 1. The van der Waals surface area contributed by atoms with Crippen LogP contribution >= 0.6 is 24.8 Å². The number of pyridine rings is 1. The van der Waals surface area contributed by atoms with Crippen LogP contribution in [0.2, 0.25) is 0 Å². The molecule has 1 atom stereocenters. The number of piperidine rings is 1. The third-order valence-electron chi connectivity index (χ3n) is 5.80. The lowest BCUT2D eigenvalue weighted by atomic mass is 9.94. The molecule has 2 aromatic rings. The number of nitrogens with one attached hydrogen (secondary N) is 2. The first-order valence-electron chi connectivity index (χ1n) is 10.0. The molecular formula is C22H30Cl2N4O. The molecule has 1 fully saturated rings. The standard InChI is InChI=1S/C22H28N4O.2ClH/c1-16-9-12-26(13-10-16)21-7-6-18(14-24-21)22(27)25-15-20-19-5-3-2-4-17(19)8-11-23-20;;/h2-7,14,16,20,23H,8-13,15H2,1H3,(H,25,27);2*1H. The lowest BCUT2D eigenvalue weighted by Gasteiger charge is -2.31. The minimum atomic E-state index is -0.0637. The molecule has 1 amide bonds. The second-order valence-electron chi connectivity index (χ2n) is 7.74. The number of amides is 1. The average Bonchev–Trinajstić information content (AvgIpc) is 2.72. The van der Waals surface area contributed by atoms with Crippen molar-refractivity contribution in [3.05, 3.63) is 59.3 Å². The highest BCUT2D eigenvalue weighted by Gasteiger charge is 2.20. The molecule has 7 heteroatoms. The van der Waals surface area contributed by atoms with Gasteiger partial charge in [0.15, 0.2) is 0 Å². The maximum atomic E-state index is 12.5. The van der Waals surface area contributed by atoms with Gasteiger partial charge in [0, 0.05) is 31.9 Å². The molecule has 1 aromatic heterocycles. The summed E-state index contributed by atoms with van der Waals surface area (Å²) in [6.07, 6.45) is 5.16. The van der Waals surface area contributed by atoms with Crippen molar-refractivity contribution in [2.24, 2.45) is 5.92 Å². The molecule has 2 aliphatic heterocycles. The van der Waals surface area contributed by atoms with Crippen LogP contribution in [0.25, 0.3) is 0 Å². The van der Waals surface area contributed by atoms with Crippen molar-refractivity contribution in [3.63, 3.8) is 0 Å². The minimum absolute atomic E-state index is 0. The normalized spacial score (nSPS) is 18.8. The van der Waals surface area contributed by atoms with Gasteiger partial charge in [-0.2, -0.15) is 0 Å². The fraction of sp³-hybridized carbons (Fsp3) is 0.455. The van der Waals surface area contributed by atoms with Crippen molar-refractivity contribution in [1.29, 1.82) is 0 Å². The van der Waals surface area contributed by atoms with Gasteiger partial charge >= 0.3 is 0 Å². The average molecular weight is 437 g/mol. The fourth-order valence-electron chi connectivity index (χ4n) is 4.02. The molecule has 158 valence electrons. The number of aromatic nitrogens is 1.